The van der Waals surface area contributed by atoms with Gasteiger partial charge in [0.15, 0.2) is 0 Å². The van der Waals surface area contributed by atoms with Crippen LogP contribution in [0.15, 0.2) is 24.3 Å². The van der Waals surface area contributed by atoms with E-state index in [0.717, 1.165) is 24.2 Å². The van der Waals surface area contributed by atoms with Gasteiger partial charge in [-0.2, -0.15) is 0 Å². The first kappa shape index (κ1) is 21.1. The van der Waals surface area contributed by atoms with E-state index in [4.69, 9.17) is 11.6 Å². The highest BCUT2D eigenvalue weighted by Crippen LogP contribution is 2.38. The summed E-state index contributed by atoms with van der Waals surface area (Å²) in [5.74, 6) is -1.20. The van der Waals surface area contributed by atoms with Crippen LogP contribution in [-0.4, -0.2) is 59.2 Å². The number of hydrogen-bond donors (Lipinski definition) is 2. The van der Waals surface area contributed by atoms with Crippen molar-refractivity contribution in [2.75, 3.05) is 25.5 Å². The molecule has 8 nitrogen and oxygen atoms in total. The number of likely N-dealkylation sites (N-methyl/N-ethyl adjacent to an activating group) is 1. The summed E-state index contributed by atoms with van der Waals surface area (Å²) in [5, 5.41) is 6.03. The van der Waals surface area contributed by atoms with Crippen molar-refractivity contribution in [3.05, 3.63) is 29.3 Å². The van der Waals surface area contributed by atoms with E-state index in [-0.39, 0.29) is 24.9 Å². The third-order valence-corrected chi connectivity index (χ3v) is 5.98. The Hall–Kier alpha value is -2.61. The van der Waals surface area contributed by atoms with Gasteiger partial charge >= 0.3 is 6.03 Å². The Morgan fingerprint density at radius 3 is 2.62 bits per heavy atom. The van der Waals surface area contributed by atoms with Gasteiger partial charge in [-0.15, -0.1) is 0 Å². The minimum absolute atomic E-state index is 0.0238. The lowest BCUT2D eigenvalue weighted by atomic mass is 9.73. The van der Waals surface area contributed by atoms with Crippen LogP contribution in [0.5, 0.6) is 0 Å². The van der Waals surface area contributed by atoms with E-state index in [0.29, 0.717) is 17.1 Å². The molecule has 0 radical (unpaired) electrons. The molecule has 1 saturated carbocycles. The minimum Gasteiger partial charge on any atom is -0.335 e. The van der Waals surface area contributed by atoms with E-state index in [1.165, 1.54) is 11.9 Å². The first-order chi connectivity index (χ1) is 13.7. The molecule has 1 aliphatic heterocycles. The first-order valence-corrected chi connectivity index (χ1v) is 10.0. The largest absolute Gasteiger partial charge is 0.335 e. The monoisotopic (exact) mass is 420 g/mol. The van der Waals surface area contributed by atoms with Gasteiger partial charge in [-0.3, -0.25) is 19.3 Å². The zero-order valence-electron chi connectivity index (χ0n) is 16.5. The van der Waals surface area contributed by atoms with Crippen molar-refractivity contribution in [2.24, 2.45) is 5.92 Å². The lowest BCUT2D eigenvalue weighted by Crippen LogP contribution is -2.54. The lowest BCUT2D eigenvalue weighted by Gasteiger charge is -2.36. The smallest absolute Gasteiger partial charge is 0.325 e. The molecule has 5 amide bonds. The number of rotatable bonds is 5. The molecule has 2 atom stereocenters. The van der Waals surface area contributed by atoms with Crippen molar-refractivity contribution in [1.82, 2.24) is 15.1 Å². The van der Waals surface area contributed by atoms with Crippen molar-refractivity contribution in [2.45, 2.75) is 38.1 Å². The quantitative estimate of drug-likeness (QED) is 0.713. The summed E-state index contributed by atoms with van der Waals surface area (Å²) >= 11 is 5.81. The van der Waals surface area contributed by atoms with Gasteiger partial charge in [-0.1, -0.05) is 31.4 Å². The zero-order valence-corrected chi connectivity index (χ0v) is 17.3. The maximum Gasteiger partial charge on any atom is 0.325 e. The fourth-order valence-electron chi connectivity index (χ4n) is 3.93. The van der Waals surface area contributed by atoms with Crippen molar-refractivity contribution in [3.8, 4) is 0 Å². The summed E-state index contributed by atoms with van der Waals surface area (Å²) in [7, 11) is 1.46. The van der Waals surface area contributed by atoms with Gasteiger partial charge in [0.1, 0.15) is 12.1 Å². The molecule has 9 heteroatoms. The molecule has 1 spiro atoms. The number of nitrogens with zero attached hydrogens (tertiary/aromatic N) is 2. The molecule has 1 aromatic rings. The Morgan fingerprint density at radius 2 is 1.97 bits per heavy atom. The lowest BCUT2D eigenvalue weighted by molar-refractivity contribution is -0.140. The molecule has 0 aromatic heterocycles. The molecule has 0 unspecified atom stereocenters. The van der Waals surface area contributed by atoms with E-state index < -0.39 is 23.4 Å². The second kappa shape index (κ2) is 8.41. The number of halogens is 1. The van der Waals surface area contributed by atoms with Crippen LogP contribution in [0.25, 0.3) is 0 Å². The summed E-state index contributed by atoms with van der Waals surface area (Å²) < 4.78 is 0. The molecule has 0 bridgehead atoms. The van der Waals surface area contributed by atoms with E-state index in [1.54, 1.807) is 24.3 Å². The Bertz CT molecular complexity index is 828. The van der Waals surface area contributed by atoms with Crippen LogP contribution in [-0.2, 0) is 14.4 Å². The molecular formula is C20H25ClN4O4. The molecule has 1 saturated heterocycles. The van der Waals surface area contributed by atoms with Gasteiger partial charge in [0.25, 0.3) is 5.91 Å². The average Bonchev–Trinajstić information content (AvgIpc) is 2.91. The van der Waals surface area contributed by atoms with E-state index in [9.17, 15) is 19.2 Å². The summed E-state index contributed by atoms with van der Waals surface area (Å²) in [6, 6.07) is 6.05. The second-order valence-corrected chi connectivity index (χ2v) is 8.18. The molecule has 2 N–H and O–H groups in total. The number of carbonyl (C=O) groups excluding carboxylic acids is 4. The normalized spacial score (nSPS) is 23.8. The molecule has 3 rings (SSSR count). The number of urea groups is 1. The number of hydrogen-bond acceptors (Lipinski definition) is 4. The van der Waals surface area contributed by atoms with E-state index in [2.05, 4.69) is 10.6 Å². The van der Waals surface area contributed by atoms with Gasteiger partial charge < -0.3 is 15.5 Å². The van der Waals surface area contributed by atoms with Crippen LogP contribution in [0.4, 0.5) is 10.5 Å². The molecule has 1 aliphatic carbocycles. The second-order valence-electron chi connectivity index (χ2n) is 7.74. The zero-order chi connectivity index (χ0) is 21.2. The van der Waals surface area contributed by atoms with Crippen LogP contribution in [0.2, 0.25) is 5.02 Å². The van der Waals surface area contributed by atoms with Crippen LogP contribution in [0, 0.1) is 5.92 Å². The topological polar surface area (TPSA) is 98.8 Å². The number of carbonyl (C=O) groups is 4. The van der Waals surface area contributed by atoms with Crippen molar-refractivity contribution in [3.63, 3.8) is 0 Å². The molecule has 1 aromatic carbocycles. The number of anilines is 1. The maximum atomic E-state index is 12.9. The standard InChI is InChI=1S/C20H25ClN4O4/c1-13-5-3-4-10-20(13)18(28)25(19(29)23-20)12-17(27)24(2)11-16(26)22-15-8-6-14(21)7-9-15/h6-9,13H,3-5,10-12H2,1-2H3,(H,22,26)(H,23,29)/t13-,20+/m1/s1. The fourth-order valence-corrected chi connectivity index (χ4v) is 4.06. The van der Waals surface area contributed by atoms with Gasteiger partial charge in [0, 0.05) is 17.8 Å². The Kier molecular flexibility index (Phi) is 6.12. The highest BCUT2D eigenvalue weighted by Gasteiger charge is 2.55. The Balaban J connectivity index is 1.57. The molecule has 2 aliphatic rings. The number of benzene rings is 1. The van der Waals surface area contributed by atoms with Crippen molar-refractivity contribution >= 4 is 41.0 Å². The van der Waals surface area contributed by atoms with Gasteiger partial charge in [0.05, 0.1) is 6.54 Å². The molecule has 2 fully saturated rings. The Morgan fingerprint density at radius 1 is 1.28 bits per heavy atom. The summed E-state index contributed by atoms with van der Waals surface area (Å²) in [6.07, 6.45) is 3.33. The van der Waals surface area contributed by atoms with E-state index in [1.807, 2.05) is 6.92 Å². The third-order valence-electron chi connectivity index (χ3n) is 5.73. The summed E-state index contributed by atoms with van der Waals surface area (Å²) in [6.45, 7) is 1.37. The summed E-state index contributed by atoms with van der Waals surface area (Å²) in [4.78, 5) is 52.2. The first-order valence-electron chi connectivity index (χ1n) is 9.66. The molecule has 156 valence electrons. The highest BCUT2D eigenvalue weighted by atomic mass is 35.5. The third kappa shape index (κ3) is 4.37. The average molecular weight is 421 g/mol. The SMILES string of the molecule is C[C@@H]1CCCC[C@]12NC(=O)N(CC(=O)N(C)CC(=O)Nc1ccc(Cl)cc1)C2=O. The predicted octanol–water partition coefficient (Wildman–Crippen LogP) is 2.24. The number of nitrogens with one attached hydrogen (secondary N) is 2. The minimum atomic E-state index is -0.903. The maximum absolute atomic E-state index is 12.9. The summed E-state index contributed by atoms with van der Waals surface area (Å²) in [5.41, 5.74) is -0.345. The number of imide groups is 1. The van der Waals surface area contributed by atoms with Crippen molar-refractivity contribution in [1.29, 1.82) is 0 Å². The highest BCUT2D eigenvalue weighted by molar-refractivity contribution is 6.30. The fraction of sp³-hybridized carbons (Fsp3) is 0.500. The molecule has 1 heterocycles. The van der Waals surface area contributed by atoms with Crippen LogP contribution in [0.1, 0.15) is 32.6 Å². The predicted molar refractivity (Wildman–Crippen MR) is 108 cm³/mol. The molecular weight excluding hydrogens is 396 g/mol. The Labute approximate surface area is 174 Å². The number of amides is 5. The van der Waals surface area contributed by atoms with Gasteiger partial charge in [-0.05, 0) is 43.0 Å². The molecule has 29 heavy (non-hydrogen) atoms. The van der Waals surface area contributed by atoms with Gasteiger partial charge in [-0.25, -0.2) is 4.79 Å². The van der Waals surface area contributed by atoms with E-state index >= 15 is 0 Å². The van der Waals surface area contributed by atoms with Crippen molar-refractivity contribution < 1.29 is 19.2 Å². The van der Waals surface area contributed by atoms with Crippen LogP contribution in [0.3, 0.4) is 0 Å². The van der Waals surface area contributed by atoms with Crippen LogP contribution >= 0.6 is 11.6 Å². The van der Waals surface area contributed by atoms with Crippen LogP contribution < -0.4 is 10.6 Å². The van der Waals surface area contributed by atoms with Gasteiger partial charge in [0.2, 0.25) is 11.8 Å².